The zero-order valence-corrected chi connectivity index (χ0v) is 20.1. The third kappa shape index (κ3) is 2.81. The van der Waals surface area contributed by atoms with Gasteiger partial charge in [0.15, 0.2) is 11.0 Å². The van der Waals surface area contributed by atoms with Crippen molar-refractivity contribution in [2.24, 2.45) is 0 Å². The molecule has 6 rings (SSSR count). The molecule has 178 valence electrons. The van der Waals surface area contributed by atoms with Gasteiger partial charge in [-0.05, 0) is 37.6 Å². The number of carbonyl (C=O) groups excluding carboxylic acids is 2. The molecule has 2 aliphatic heterocycles. The summed E-state index contributed by atoms with van der Waals surface area (Å²) in [6.07, 6.45) is 1.57. The molecule has 3 heterocycles. The van der Waals surface area contributed by atoms with Crippen molar-refractivity contribution in [3.63, 3.8) is 0 Å². The van der Waals surface area contributed by atoms with Crippen LogP contribution in [0.4, 0.5) is 5.69 Å². The lowest BCUT2D eigenvalue weighted by Crippen LogP contribution is -2.53. The number of para-hydroxylation sites is 1. The summed E-state index contributed by atoms with van der Waals surface area (Å²) in [6.45, 7) is 8.09. The molecule has 0 radical (unpaired) electrons. The lowest BCUT2D eigenvalue weighted by atomic mass is 9.84. The molecule has 0 saturated heterocycles. The number of rotatable bonds is 4. The third-order valence-electron chi connectivity index (χ3n) is 7.13. The zero-order chi connectivity index (χ0) is 25.2. The van der Waals surface area contributed by atoms with Crippen molar-refractivity contribution < 1.29 is 14.0 Å². The molecular formula is C30H24N2O4. The molecule has 1 aromatic heterocycles. The van der Waals surface area contributed by atoms with Crippen LogP contribution in [0.3, 0.4) is 0 Å². The van der Waals surface area contributed by atoms with Crippen molar-refractivity contribution in [2.45, 2.75) is 25.9 Å². The maximum absolute atomic E-state index is 14.5. The average Bonchev–Trinajstić information content (AvgIpc) is 3.25. The zero-order valence-electron chi connectivity index (χ0n) is 20.1. The van der Waals surface area contributed by atoms with E-state index < -0.39 is 11.4 Å². The Morgan fingerprint density at radius 3 is 2.50 bits per heavy atom. The molecule has 4 aromatic rings. The fourth-order valence-corrected chi connectivity index (χ4v) is 5.63. The summed E-state index contributed by atoms with van der Waals surface area (Å²) in [5, 5.41) is 0.351. The minimum atomic E-state index is -1.63. The van der Waals surface area contributed by atoms with Crippen molar-refractivity contribution in [1.82, 2.24) is 4.90 Å². The second-order valence-electron chi connectivity index (χ2n) is 9.45. The normalized spacial score (nSPS) is 18.3. The van der Waals surface area contributed by atoms with Gasteiger partial charge in [-0.3, -0.25) is 14.4 Å². The standard InChI is InChI=1S/C30H24N2O4/c1-4-14-32-28(34)27-25(26(33)21-16-19(3)12-13-24(21)36-27)30(32)22-10-5-6-11-23(22)31(29(30)35)17-20-9-7-8-18(2)15-20/h4-13,15-16H,1,14,17H2,2-3H3. The largest absolute Gasteiger partial charge is 0.450 e. The van der Waals surface area contributed by atoms with Crippen LogP contribution in [0.5, 0.6) is 0 Å². The topological polar surface area (TPSA) is 70.8 Å². The van der Waals surface area contributed by atoms with Crippen LogP contribution in [0.25, 0.3) is 11.0 Å². The maximum Gasteiger partial charge on any atom is 0.291 e. The molecule has 2 amide bonds. The third-order valence-corrected chi connectivity index (χ3v) is 7.13. The van der Waals surface area contributed by atoms with Crippen LogP contribution in [-0.2, 0) is 16.9 Å². The average molecular weight is 477 g/mol. The van der Waals surface area contributed by atoms with Crippen molar-refractivity contribution >= 4 is 28.5 Å². The van der Waals surface area contributed by atoms with Crippen LogP contribution < -0.4 is 10.3 Å². The van der Waals surface area contributed by atoms with Crippen LogP contribution in [0, 0.1) is 13.8 Å². The number of hydrogen-bond acceptors (Lipinski definition) is 4. The molecule has 1 unspecified atom stereocenters. The Kier molecular flexibility index (Phi) is 4.76. The van der Waals surface area contributed by atoms with Crippen molar-refractivity contribution in [3.8, 4) is 0 Å². The van der Waals surface area contributed by atoms with Gasteiger partial charge in [0.05, 0.1) is 23.2 Å². The van der Waals surface area contributed by atoms with Gasteiger partial charge in [-0.1, -0.05) is 65.7 Å². The number of fused-ring (bicyclic) bond motifs is 5. The highest BCUT2D eigenvalue weighted by Gasteiger charge is 2.64. The summed E-state index contributed by atoms with van der Waals surface area (Å²) in [6, 6.07) is 20.6. The summed E-state index contributed by atoms with van der Waals surface area (Å²) in [5.74, 6) is -0.928. The minimum absolute atomic E-state index is 0.0796. The van der Waals surface area contributed by atoms with Crippen molar-refractivity contribution in [2.75, 3.05) is 11.4 Å². The number of nitrogens with zero attached hydrogens (tertiary/aromatic N) is 2. The van der Waals surface area contributed by atoms with Crippen LogP contribution in [0.15, 0.2) is 88.6 Å². The Balaban J connectivity index is 1.66. The predicted octanol–water partition coefficient (Wildman–Crippen LogP) is 4.84. The molecule has 1 spiro atoms. The van der Waals surface area contributed by atoms with E-state index >= 15 is 0 Å². The van der Waals surface area contributed by atoms with E-state index in [4.69, 9.17) is 4.42 Å². The Labute approximate surface area is 208 Å². The van der Waals surface area contributed by atoms with Gasteiger partial charge in [0.1, 0.15) is 5.58 Å². The van der Waals surface area contributed by atoms with E-state index in [1.807, 2.05) is 68.4 Å². The van der Waals surface area contributed by atoms with E-state index in [1.165, 1.54) is 4.90 Å². The molecule has 36 heavy (non-hydrogen) atoms. The number of hydrogen-bond donors (Lipinski definition) is 0. The Hall–Kier alpha value is -4.45. The van der Waals surface area contributed by atoms with E-state index in [0.29, 0.717) is 28.8 Å². The predicted molar refractivity (Wildman–Crippen MR) is 138 cm³/mol. The molecule has 6 nitrogen and oxygen atoms in total. The van der Waals surface area contributed by atoms with Crippen LogP contribution >= 0.6 is 0 Å². The Morgan fingerprint density at radius 1 is 0.944 bits per heavy atom. The van der Waals surface area contributed by atoms with Crippen LogP contribution in [-0.4, -0.2) is 23.3 Å². The number of aryl methyl sites for hydroxylation is 2. The summed E-state index contributed by atoms with van der Waals surface area (Å²) in [7, 11) is 0. The Morgan fingerprint density at radius 2 is 1.72 bits per heavy atom. The van der Waals surface area contributed by atoms with E-state index in [2.05, 4.69) is 6.58 Å². The number of anilines is 1. The number of benzene rings is 3. The molecule has 2 aliphatic rings. The molecule has 1 atom stereocenters. The van der Waals surface area contributed by atoms with Gasteiger partial charge in [0.2, 0.25) is 5.76 Å². The van der Waals surface area contributed by atoms with Gasteiger partial charge in [-0.15, -0.1) is 6.58 Å². The fourth-order valence-electron chi connectivity index (χ4n) is 5.63. The highest BCUT2D eigenvalue weighted by molar-refractivity contribution is 6.17. The van der Waals surface area contributed by atoms with Crippen molar-refractivity contribution in [3.05, 3.63) is 123 Å². The molecule has 3 aromatic carbocycles. The quantitative estimate of drug-likeness (QED) is 0.395. The SMILES string of the molecule is C=CCN1C(=O)c2oc3ccc(C)cc3c(=O)c2C12C(=O)N(Cc1cccc(C)c1)c1ccccc12. The summed E-state index contributed by atoms with van der Waals surface area (Å²) < 4.78 is 6.05. The van der Waals surface area contributed by atoms with Gasteiger partial charge in [-0.25, -0.2) is 0 Å². The highest BCUT2D eigenvalue weighted by Crippen LogP contribution is 2.52. The smallest absolute Gasteiger partial charge is 0.291 e. The van der Waals surface area contributed by atoms with E-state index in [-0.39, 0.29) is 29.2 Å². The molecule has 0 fully saturated rings. The lowest BCUT2D eigenvalue weighted by molar-refractivity contribution is -0.126. The molecule has 6 heteroatoms. The van der Waals surface area contributed by atoms with E-state index in [1.54, 1.807) is 23.1 Å². The van der Waals surface area contributed by atoms with Gasteiger partial charge in [-0.2, -0.15) is 0 Å². The Bertz CT molecular complexity index is 1670. The van der Waals surface area contributed by atoms with Crippen LogP contribution in [0.2, 0.25) is 0 Å². The number of amides is 2. The summed E-state index contributed by atoms with van der Waals surface area (Å²) >= 11 is 0. The molecule has 0 bridgehead atoms. The highest BCUT2D eigenvalue weighted by atomic mass is 16.3. The van der Waals surface area contributed by atoms with E-state index in [0.717, 1.165) is 16.7 Å². The van der Waals surface area contributed by atoms with Crippen LogP contribution in [0.1, 0.15) is 38.4 Å². The van der Waals surface area contributed by atoms with Gasteiger partial charge >= 0.3 is 0 Å². The van der Waals surface area contributed by atoms with Crippen molar-refractivity contribution in [1.29, 1.82) is 0 Å². The molecule has 0 N–H and O–H groups in total. The van der Waals surface area contributed by atoms with Gasteiger partial charge in [0.25, 0.3) is 11.8 Å². The minimum Gasteiger partial charge on any atom is -0.450 e. The first-order chi connectivity index (χ1) is 17.4. The van der Waals surface area contributed by atoms with Gasteiger partial charge < -0.3 is 14.2 Å². The monoisotopic (exact) mass is 476 g/mol. The molecule has 0 saturated carbocycles. The number of carbonyl (C=O) groups is 2. The summed E-state index contributed by atoms with van der Waals surface area (Å²) in [4.78, 5) is 45.4. The maximum atomic E-state index is 14.5. The fraction of sp³-hybridized carbons (Fsp3) is 0.167. The molecule has 0 aliphatic carbocycles. The first-order valence-corrected chi connectivity index (χ1v) is 11.9. The second kappa shape index (κ2) is 7.78. The second-order valence-corrected chi connectivity index (χ2v) is 9.45. The molecular weight excluding hydrogens is 452 g/mol. The lowest BCUT2D eigenvalue weighted by Gasteiger charge is -2.33. The van der Waals surface area contributed by atoms with E-state index in [9.17, 15) is 14.4 Å². The summed E-state index contributed by atoms with van der Waals surface area (Å²) in [5.41, 5.74) is 2.60. The van der Waals surface area contributed by atoms with Gasteiger partial charge in [0, 0.05) is 12.1 Å². The first kappa shape index (κ1) is 22.0. The first-order valence-electron chi connectivity index (χ1n) is 11.9.